The van der Waals surface area contributed by atoms with Crippen LogP contribution in [0.1, 0.15) is 31.2 Å². The predicted molar refractivity (Wildman–Crippen MR) is 66.5 cm³/mol. The van der Waals surface area contributed by atoms with E-state index in [1.807, 2.05) is 0 Å². The molecule has 5 nitrogen and oxygen atoms in total. The van der Waals surface area contributed by atoms with E-state index in [9.17, 15) is 0 Å². The lowest BCUT2D eigenvalue weighted by molar-refractivity contribution is -0.186. The molecule has 1 aliphatic carbocycles. The van der Waals surface area contributed by atoms with Gasteiger partial charge < -0.3 is 14.2 Å². The molecule has 0 amide bonds. The molecule has 100 valence electrons. The molecule has 2 heterocycles. The van der Waals surface area contributed by atoms with E-state index in [4.69, 9.17) is 19.5 Å². The summed E-state index contributed by atoms with van der Waals surface area (Å²) in [5.41, 5.74) is 0.483. The summed E-state index contributed by atoms with van der Waals surface area (Å²) in [5, 5.41) is 9.01. The van der Waals surface area contributed by atoms with Crippen LogP contribution < -0.4 is 4.74 Å². The van der Waals surface area contributed by atoms with Crippen molar-refractivity contribution in [3.8, 4) is 11.9 Å². The quantitative estimate of drug-likeness (QED) is 0.814. The Kier molecular flexibility index (Phi) is 3.36. The first-order valence-corrected chi connectivity index (χ1v) is 6.61. The smallest absolute Gasteiger partial charge is 0.231 e. The molecule has 1 aliphatic heterocycles. The Hall–Kier alpha value is -1.64. The largest absolute Gasteiger partial charge is 0.473 e. The number of nitrogens with zero attached hydrogens (tertiary/aromatic N) is 2. The standard InChI is InChI=1S/C14H16N2O3/c15-10-11-2-1-7-16-13(11)19-12-3-5-14(6-4-12)17-8-9-18-14/h1-2,7,12H,3-6,8-9H2. The SMILES string of the molecule is N#Cc1cccnc1OC1CCC2(CC1)OCCO2. The molecular formula is C14H16N2O3. The maximum absolute atomic E-state index is 9.01. The van der Waals surface area contributed by atoms with E-state index in [-0.39, 0.29) is 11.9 Å². The van der Waals surface area contributed by atoms with Crippen LogP contribution in [0, 0.1) is 11.3 Å². The molecule has 1 spiro atoms. The van der Waals surface area contributed by atoms with Gasteiger partial charge in [0.25, 0.3) is 0 Å². The molecule has 1 aromatic rings. The average molecular weight is 260 g/mol. The van der Waals surface area contributed by atoms with Crippen LogP contribution >= 0.6 is 0 Å². The van der Waals surface area contributed by atoms with E-state index in [0.29, 0.717) is 24.7 Å². The van der Waals surface area contributed by atoms with E-state index < -0.39 is 0 Å². The van der Waals surface area contributed by atoms with Crippen molar-refractivity contribution in [1.82, 2.24) is 4.98 Å². The Morgan fingerprint density at radius 3 is 2.74 bits per heavy atom. The molecule has 0 radical (unpaired) electrons. The molecule has 0 bridgehead atoms. The highest BCUT2D eigenvalue weighted by atomic mass is 16.7. The van der Waals surface area contributed by atoms with Crippen molar-refractivity contribution in [3.05, 3.63) is 23.9 Å². The van der Waals surface area contributed by atoms with Crippen LogP contribution in [-0.4, -0.2) is 30.1 Å². The van der Waals surface area contributed by atoms with Crippen molar-refractivity contribution >= 4 is 0 Å². The van der Waals surface area contributed by atoms with Gasteiger partial charge in [-0.2, -0.15) is 5.26 Å². The molecule has 0 atom stereocenters. The van der Waals surface area contributed by atoms with Gasteiger partial charge in [0.15, 0.2) is 5.79 Å². The first kappa shape index (κ1) is 12.4. The summed E-state index contributed by atoms with van der Waals surface area (Å²) in [6.07, 6.45) is 5.13. The number of rotatable bonds is 2. The minimum atomic E-state index is -0.373. The summed E-state index contributed by atoms with van der Waals surface area (Å²) >= 11 is 0. The van der Waals surface area contributed by atoms with Gasteiger partial charge in [0.2, 0.25) is 5.88 Å². The lowest BCUT2D eigenvalue weighted by Gasteiger charge is -2.35. The number of nitriles is 1. The van der Waals surface area contributed by atoms with Crippen LogP contribution in [0.5, 0.6) is 5.88 Å². The summed E-state index contributed by atoms with van der Waals surface area (Å²) in [6, 6.07) is 5.55. The maximum atomic E-state index is 9.01. The second-order valence-corrected chi connectivity index (χ2v) is 4.89. The summed E-state index contributed by atoms with van der Waals surface area (Å²) < 4.78 is 17.2. The van der Waals surface area contributed by atoms with Crippen LogP contribution in [0.4, 0.5) is 0 Å². The molecule has 5 heteroatoms. The van der Waals surface area contributed by atoms with Gasteiger partial charge >= 0.3 is 0 Å². The van der Waals surface area contributed by atoms with E-state index >= 15 is 0 Å². The highest BCUT2D eigenvalue weighted by Crippen LogP contribution is 2.37. The molecule has 1 aromatic heterocycles. The van der Waals surface area contributed by atoms with Crippen LogP contribution in [-0.2, 0) is 9.47 Å². The molecule has 1 saturated carbocycles. The minimum absolute atomic E-state index is 0.0837. The molecule has 0 N–H and O–H groups in total. The molecular weight excluding hydrogens is 244 g/mol. The highest BCUT2D eigenvalue weighted by Gasteiger charge is 2.41. The highest BCUT2D eigenvalue weighted by molar-refractivity contribution is 5.37. The van der Waals surface area contributed by atoms with E-state index in [2.05, 4.69) is 11.1 Å². The lowest BCUT2D eigenvalue weighted by Crippen LogP contribution is -2.38. The van der Waals surface area contributed by atoms with E-state index in [1.165, 1.54) is 0 Å². The second kappa shape index (κ2) is 5.16. The molecule has 0 aromatic carbocycles. The van der Waals surface area contributed by atoms with Gasteiger partial charge in [-0.15, -0.1) is 0 Å². The number of pyridine rings is 1. The lowest BCUT2D eigenvalue weighted by atomic mass is 9.92. The third-order valence-electron chi connectivity index (χ3n) is 3.68. The number of aromatic nitrogens is 1. The predicted octanol–water partition coefficient (Wildman–Crippen LogP) is 2.02. The van der Waals surface area contributed by atoms with Gasteiger partial charge in [0, 0.05) is 19.0 Å². The fourth-order valence-electron chi connectivity index (χ4n) is 2.66. The summed E-state index contributed by atoms with van der Waals surface area (Å²) in [7, 11) is 0. The fourth-order valence-corrected chi connectivity index (χ4v) is 2.66. The topological polar surface area (TPSA) is 64.4 Å². The number of hydrogen-bond acceptors (Lipinski definition) is 5. The van der Waals surface area contributed by atoms with Crippen molar-refractivity contribution in [2.75, 3.05) is 13.2 Å². The van der Waals surface area contributed by atoms with Crippen LogP contribution in [0.3, 0.4) is 0 Å². The first-order valence-electron chi connectivity index (χ1n) is 6.61. The summed E-state index contributed by atoms with van der Waals surface area (Å²) in [5.74, 6) is 0.0568. The molecule has 3 rings (SSSR count). The minimum Gasteiger partial charge on any atom is -0.473 e. The normalized spacial score (nSPS) is 22.3. The Bertz CT molecular complexity index is 482. The van der Waals surface area contributed by atoms with E-state index in [0.717, 1.165) is 25.7 Å². The molecule has 0 unspecified atom stereocenters. The zero-order valence-corrected chi connectivity index (χ0v) is 10.7. The molecule has 1 saturated heterocycles. The zero-order chi connectivity index (χ0) is 13.1. The summed E-state index contributed by atoms with van der Waals surface area (Å²) in [6.45, 7) is 1.37. The Morgan fingerprint density at radius 1 is 1.32 bits per heavy atom. The van der Waals surface area contributed by atoms with E-state index in [1.54, 1.807) is 18.3 Å². The fraction of sp³-hybridized carbons (Fsp3) is 0.571. The maximum Gasteiger partial charge on any atom is 0.231 e. The molecule has 2 fully saturated rings. The number of hydrogen-bond donors (Lipinski definition) is 0. The Labute approximate surface area is 112 Å². The molecule has 2 aliphatic rings. The van der Waals surface area contributed by atoms with Crippen molar-refractivity contribution in [2.45, 2.75) is 37.6 Å². The van der Waals surface area contributed by atoms with Crippen molar-refractivity contribution in [1.29, 1.82) is 5.26 Å². The zero-order valence-electron chi connectivity index (χ0n) is 10.7. The Morgan fingerprint density at radius 2 is 2.05 bits per heavy atom. The van der Waals surface area contributed by atoms with Crippen molar-refractivity contribution in [3.63, 3.8) is 0 Å². The second-order valence-electron chi connectivity index (χ2n) is 4.89. The monoisotopic (exact) mass is 260 g/mol. The van der Waals surface area contributed by atoms with Gasteiger partial charge in [0.1, 0.15) is 17.7 Å². The molecule has 19 heavy (non-hydrogen) atoms. The third-order valence-corrected chi connectivity index (χ3v) is 3.68. The van der Waals surface area contributed by atoms with Gasteiger partial charge in [-0.3, -0.25) is 0 Å². The van der Waals surface area contributed by atoms with Gasteiger partial charge in [-0.05, 0) is 25.0 Å². The Balaban J connectivity index is 1.62. The van der Waals surface area contributed by atoms with Gasteiger partial charge in [-0.1, -0.05) is 0 Å². The van der Waals surface area contributed by atoms with Crippen LogP contribution in [0.25, 0.3) is 0 Å². The van der Waals surface area contributed by atoms with Gasteiger partial charge in [0.05, 0.1) is 13.2 Å². The summed E-state index contributed by atoms with van der Waals surface area (Å²) in [4.78, 5) is 4.13. The van der Waals surface area contributed by atoms with Crippen LogP contribution in [0.15, 0.2) is 18.3 Å². The number of ether oxygens (including phenoxy) is 3. The third kappa shape index (κ3) is 2.55. The van der Waals surface area contributed by atoms with Crippen molar-refractivity contribution in [2.24, 2.45) is 0 Å². The average Bonchev–Trinajstić information content (AvgIpc) is 2.91. The van der Waals surface area contributed by atoms with Crippen LogP contribution in [0.2, 0.25) is 0 Å². The van der Waals surface area contributed by atoms with Crippen molar-refractivity contribution < 1.29 is 14.2 Å². The first-order chi connectivity index (χ1) is 9.31. The van der Waals surface area contributed by atoms with Gasteiger partial charge in [-0.25, -0.2) is 4.98 Å².